The first-order chi connectivity index (χ1) is 7.58. The Balaban J connectivity index is 2.48. The van der Waals surface area contributed by atoms with Crippen LogP contribution in [0, 0.1) is 5.82 Å². The fourth-order valence-corrected chi connectivity index (χ4v) is 2.40. The number of aryl methyl sites for hydroxylation is 1. The van der Waals surface area contributed by atoms with Gasteiger partial charge in [0.05, 0.1) is 16.6 Å². The maximum Gasteiger partial charge on any atom is 0.308 e. The van der Waals surface area contributed by atoms with Crippen molar-refractivity contribution >= 4 is 27.5 Å². The van der Waals surface area contributed by atoms with E-state index in [1.807, 2.05) is 0 Å². The molecule has 84 valence electrons. The molecule has 2 aromatic rings. The molecule has 0 radical (unpaired) electrons. The first kappa shape index (κ1) is 10.8. The van der Waals surface area contributed by atoms with Crippen LogP contribution in [0.4, 0.5) is 4.39 Å². The molecule has 0 aliphatic rings. The van der Waals surface area contributed by atoms with Crippen LogP contribution in [0.3, 0.4) is 0 Å². The molecular formula is C10H8FNO3S. The van der Waals surface area contributed by atoms with Gasteiger partial charge in [0.15, 0.2) is 0 Å². The largest absolute Gasteiger partial charge is 0.481 e. The summed E-state index contributed by atoms with van der Waals surface area (Å²) in [5.74, 6) is -1.37. The molecule has 0 amide bonds. The number of benzene rings is 1. The molecule has 1 N–H and O–H groups in total. The SMILES string of the molecule is O=C(O)CCn1c(=O)sc2cc(F)ccc21. The Morgan fingerprint density at radius 3 is 2.94 bits per heavy atom. The van der Waals surface area contributed by atoms with Gasteiger partial charge in [-0.3, -0.25) is 14.2 Å². The number of thiazole rings is 1. The van der Waals surface area contributed by atoms with Gasteiger partial charge in [-0.15, -0.1) is 0 Å². The number of hydrogen-bond acceptors (Lipinski definition) is 3. The minimum atomic E-state index is -0.964. The zero-order valence-corrected chi connectivity index (χ0v) is 8.96. The zero-order chi connectivity index (χ0) is 11.7. The van der Waals surface area contributed by atoms with E-state index in [2.05, 4.69) is 0 Å². The Bertz CT molecular complexity index is 602. The van der Waals surface area contributed by atoms with E-state index in [0.717, 1.165) is 11.3 Å². The van der Waals surface area contributed by atoms with Crippen molar-refractivity contribution < 1.29 is 14.3 Å². The minimum absolute atomic E-state index is 0.111. The van der Waals surface area contributed by atoms with Crippen LogP contribution in [0.2, 0.25) is 0 Å². The smallest absolute Gasteiger partial charge is 0.308 e. The van der Waals surface area contributed by atoms with E-state index in [9.17, 15) is 14.0 Å². The average Bonchev–Trinajstić information content (AvgIpc) is 2.50. The Labute approximate surface area is 93.6 Å². The summed E-state index contributed by atoms with van der Waals surface area (Å²) in [7, 11) is 0. The molecule has 0 unspecified atom stereocenters. The van der Waals surface area contributed by atoms with Gasteiger partial charge in [-0.05, 0) is 18.2 Å². The number of aliphatic carboxylic acids is 1. The third kappa shape index (κ3) is 1.96. The Hall–Kier alpha value is -1.69. The second-order valence-electron chi connectivity index (χ2n) is 3.28. The van der Waals surface area contributed by atoms with Crippen molar-refractivity contribution in [1.82, 2.24) is 4.57 Å². The maximum atomic E-state index is 12.9. The van der Waals surface area contributed by atoms with Gasteiger partial charge < -0.3 is 5.11 Å². The highest BCUT2D eigenvalue weighted by Crippen LogP contribution is 2.18. The molecule has 2 rings (SSSR count). The van der Waals surface area contributed by atoms with Crippen molar-refractivity contribution in [2.75, 3.05) is 0 Å². The molecular weight excluding hydrogens is 233 g/mol. The Kier molecular flexibility index (Phi) is 2.74. The van der Waals surface area contributed by atoms with Crippen molar-refractivity contribution in [3.05, 3.63) is 33.7 Å². The fraction of sp³-hybridized carbons (Fsp3) is 0.200. The molecule has 0 bridgehead atoms. The first-order valence-electron chi connectivity index (χ1n) is 4.58. The lowest BCUT2D eigenvalue weighted by Gasteiger charge is -2.00. The third-order valence-electron chi connectivity index (χ3n) is 2.18. The van der Waals surface area contributed by atoms with Crippen LogP contribution in [0.15, 0.2) is 23.0 Å². The molecule has 1 aromatic carbocycles. The number of aromatic nitrogens is 1. The molecule has 6 heteroatoms. The molecule has 0 aliphatic heterocycles. The van der Waals surface area contributed by atoms with Gasteiger partial charge in [-0.2, -0.15) is 0 Å². The van der Waals surface area contributed by atoms with Crippen LogP contribution in [-0.2, 0) is 11.3 Å². The van der Waals surface area contributed by atoms with Crippen LogP contribution in [-0.4, -0.2) is 15.6 Å². The summed E-state index contributed by atoms with van der Waals surface area (Å²) < 4.78 is 14.8. The van der Waals surface area contributed by atoms with E-state index in [0.29, 0.717) is 10.2 Å². The molecule has 0 fully saturated rings. The Morgan fingerprint density at radius 2 is 2.25 bits per heavy atom. The van der Waals surface area contributed by atoms with Crippen LogP contribution in [0.1, 0.15) is 6.42 Å². The molecule has 1 heterocycles. The number of hydrogen-bond donors (Lipinski definition) is 1. The van der Waals surface area contributed by atoms with Crippen molar-refractivity contribution in [3.8, 4) is 0 Å². The molecule has 0 aliphatic carbocycles. The van der Waals surface area contributed by atoms with Crippen molar-refractivity contribution in [3.63, 3.8) is 0 Å². The number of carboxylic acids is 1. The minimum Gasteiger partial charge on any atom is -0.481 e. The summed E-state index contributed by atoms with van der Waals surface area (Å²) in [4.78, 5) is 21.7. The lowest BCUT2D eigenvalue weighted by molar-refractivity contribution is -0.137. The standard InChI is InChI=1S/C10H8FNO3S/c11-6-1-2-7-8(5-6)16-10(15)12(7)4-3-9(13)14/h1-2,5H,3-4H2,(H,13,14). The van der Waals surface area contributed by atoms with Crippen molar-refractivity contribution in [2.45, 2.75) is 13.0 Å². The number of halogens is 1. The van der Waals surface area contributed by atoms with Gasteiger partial charge in [0.1, 0.15) is 5.82 Å². The van der Waals surface area contributed by atoms with E-state index in [-0.39, 0.29) is 17.8 Å². The second-order valence-corrected chi connectivity index (χ2v) is 4.27. The fourth-order valence-electron chi connectivity index (χ4n) is 1.46. The van der Waals surface area contributed by atoms with Crippen molar-refractivity contribution in [2.24, 2.45) is 0 Å². The highest BCUT2D eigenvalue weighted by Gasteiger charge is 2.09. The number of carbonyl (C=O) groups is 1. The average molecular weight is 241 g/mol. The number of carboxylic acid groups (broad SMARTS) is 1. The molecule has 16 heavy (non-hydrogen) atoms. The molecule has 1 aromatic heterocycles. The van der Waals surface area contributed by atoms with E-state index in [1.54, 1.807) is 0 Å². The summed E-state index contributed by atoms with van der Waals surface area (Å²) in [6.45, 7) is 0.111. The van der Waals surface area contributed by atoms with E-state index in [1.165, 1.54) is 22.8 Å². The summed E-state index contributed by atoms with van der Waals surface area (Å²) in [5, 5.41) is 8.55. The third-order valence-corrected chi connectivity index (χ3v) is 3.12. The molecule has 0 saturated carbocycles. The Morgan fingerprint density at radius 1 is 1.50 bits per heavy atom. The predicted molar refractivity (Wildman–Crippen MR) is 58.3 cm³/mol. The van der Waals surface area contributed by atoms with Gasteiger partial charge in [0, 0.05) is 6.54 Å². The van der Waals surface area contributed by atoms with Crippen molar-refractivity contribution in [1.29, 1.82) is 0 Å². The predicted octanol–water partition coefficient (Wildman–Crippen LogP) is 1.68. The second kappa shape index (κ2) is 4.05. The summed E-state index contributed by atoms with van der Waals surface area (Å²) in [6, 6.07) is 4.02. The molecule has 4 nitrogen and oxygen atoms in total. The zero-order valence-electron chi connectivity index (χ0n) is 8.14. The van der Waals surface area contributed by atoms with E-state index in [4.69, 9.17) is 5.11 Å². The number of nitrogens with zero attached hydrogens (tertiary/aromatic N) is 1. The normalized spacial score (nSPS) is 10.8. The van der Waals surface area contributed by atoms with Gasteiger partial charge in [0.2, 0.25) is 0 Å². The van der Waals surface area contributed by atoms with Gasteiger partial charge in [-0.25, -0.2) is 4.39 Å². The monoisotopic (exact) mass is 241 g/mol. The van der Waals surface area contributed by atoms with E-state index >= 15 is 0 Å². The van der Waals surface area contributed by atoms with Crippen LogP contribution in [0.25, 0.3) is 10.2 Å². The van der Waals surface area contributed by atoms with Gasteiger partial charge >= 0.3 is 10.8 Å². The quantitative estimate of drug-likeness (QED) is 0.889. The summed E-state index contributed by atoms with van der Waals surface area (Å²) in [5.41, 5.74) is 0.581. The maximum absolute atomic E-state index is 12.9. The van der Waals surface area contributed by atoms with Crippen LogP contribution in [0.5, 0.6) is 0 Å². The summed E-state index contributed by atoms with van der Waals surface area (Å²) >= 11 is 0.919. The van der Waals surface area contributed by atoms with E-state index < -0.39 is 11.8 Å². The number of fused-ring (bicyclic) bond motifs is 1. The van der Waals surface area contributed by atoms with Crippen LogP contribution < -0.4 is 4.87 Å². The van der Waals surface area contributed by atoms with Crippen LogP contribution >= 0.6 is 11.3 Å². The van der Waals surface area contributed by atoms with Gasteiger partial charge in [0.25, 0.3) is 0 Å². The summed E-state index contributed by atoms with van der Waals surface area (Å²) in [6.07, 6.45) is -0.122. The van der Waals surface area contributed by atoms with Gasteiger partial charge in [-0.1, -0.05) is 11.3 Å². The number of rotatable bonds is 3. The highest BCUT2D eigenvalue weighted by atomic mass is 32.1. The molecule has 0 atom stereocenters. The highest BCUT2D eigenvalue weighted by molar-refractivity contribution is 7.16. The lowest BCUT2D eigenvalue weighted by Crippen LogP contribution is -2.15. The first-order valence-corrected chi connectivity index (χ1v) is 5.40. The topological polar surface area (TPSA) is 59.3 Å². The molecule has 0 saturated heterocycles. The molecule has 0 spiro atoms. The lowest BCUT2D eigenvalue weighted by atomic mass is 10.3.